The summed E-state index contributed by atoms with van der Waals surface area (Å²) >= 11 is 2.30. The van der Waals surface area contributed by atoms with Crippen molar-refractivity contribution in [2.45, 2.75) is 19.8 Å². The molecular formula is C12H15IO. The van der Waals surface area contributed by atoms with Crippen molar-refractivity contribution in [3.05, 3.63) is 27.8 Å². The van der Waals surface area contributed by atoms with E-state index in [9.17, 15) is 0 Å². The van der Waals surface area contributed by atoms with Crippen LogP contribution in [0.2, 0.25) is 0 Å². The Kier molecular flexibility index (Phi) is 3.31. The summed E-state index contributed by atoms with van der Waals surface area (Å²) < 4.78 is 6.99. The van der Waals surface area contributed by atoms with E-state index in [-0.39, 0.29) is 0 Å². The zero-order chi connectivity index (χ0) is 9.97. The average Bonchev–Trinajstić information content (AvgIpc) is 2.19. The first kappa shape index (κ1) is 10.3. The first-order chi connectivity index (χ1) is 6.75. The molecule has 0 spiro atoms. The van der Waals surface area contributed by atoms with E-state index in [1.54, 1.807) is 0 Å². The number of hydrogen-bond donors (Lipinski definition) is 0. The Morgan fingerprint density at radius 1 is 1.29 bits per heavy atom. The van der Waals surface area contributed by atoms with Gasteiger partial charge in [-0.15, -0.1) is 0 Å². The van der Waals surface area contributed by atoms with E-state index in [0.717, 1.165) is 24.2 Å². The van der Waals surface area contributed by atoms with Gasteiger partial charge in [0.15, 0.2) is 0 Å². The largest absolute Gasteiger partial charge is 0.493 e. The van der Waals surface area contributed by atoms with Crippen LogP contribution >= 0.6 is 22.6 Å². The first-order valence-electron chi connectivity index (χ1n) is 5.14. The van der Waals surface area contributed by atoms with Gasteiger partial charge in [-0.1, -0.05) is 6.92 Å². The van der Waals surface area contributed by atoms with Gasteiger partial charge in [-0.3, -0.25) is 0 Å². The Hall–Kier alpha value is -0.250. The van der Waals surface area contributed by atoms with Gasteiger partial charge in [-0.05, 0) is 71.5 Å². The summed E-state index contributed by atoms with van der Waals surface area (Å²) in [5, 5.41) is 0. The Morgan fingerprint density at radius 3 is 2.50 bits per heavy atom. The minimum atomic E-state index is 0.786. The van der Waals surface area contributed by atoms with Crippen LogP contribution in [0.1, 0.15) is 19.8 Å². The summed E-state index contributed by atoms with van der Waals surface area (Å²) in [6.45, 7) is 3.20. The summed E-state index contributed by atoms with van der Waals surface area (Å²) in [5.41, 5.74) is 0. The molecule has 1 aliphatic carbocycles. The molecule has 76 valence electrons. The Morgan fingerprint density at radius 2 is 2.00 bits per heavy atom. The first-order valence-corrected chi connectivity index (χ1v) is 6.22. The van der Waals surface area contributed by atoms with Gasteiger partial charge in [0.2, 0.25) is 0 Å². The van der Waals surface area contributed by atoms with Crippen molar-refractivity contribution in [2.24, 2.45) is 11.8 Å². The van der Waals surface area contributed by atoms with Gasteiger partial charge in [0.25, 0.3) is 0 Å². The third-order valence-corrected chi connectivity index (χ3v) is 3.79. The maximum Gasteiger partial charge on any atom is 0.119 e. The van der Waals surface area contributed by atoms with Crippen LogP contribution in [0, 0.1) is 15.4 Å². The molecule has 0 heterocycles. The maximum atomic E-state index is 5.73. The molecule has 2 atom stereocenters. The molecule has 0 aliphatic heterocycles. The molecule has 0 radical (unpaired) electrons. The fourth-order valence-corrected chi connectivity index (χ4v) is 2.08. The molecule has 14 heavy (non-hydrogen) atoms. The fourth-order valence-electron chi connectivity index (χ4n) is 1.72. The second-order valence-corrected chi connectivity index (χ2v) is 5.33. The molecule has 0 bridgehead atoms. The number of halogens is 1. The molecule has 0 N–H and O–H groups in total. The van der Waals surface area contributed by atoms with E-state index in [2.05, 4.69) is 41.6 Å². The molecule has 2 unspecified atom stereocenters. The molecule has 2 rings (SSSR count). The summed E-state index contributed by atoms with van der Waals surface area (Å²) in [7, 11) is 0. The van der Waals surface area contributed by atoms with E-state index in [4.69, 9.17) is 4.74 Å². The van der Waals surface area contributed by atoms with Crippen LogP contribution in [-0.2, 0) is 0 Å². The molecule has 0 aromatic heterocycles. The van der Waals surface area contributed by atoms with Crippen LogP contribution in [0.5, 0.6) is 5.75 Å². The topological polar surface area (TPSA) is 9.23 Å². The van der Waals surface area contributed by atoms with Crippen molar-refractivity contribution in [3.63, 3.8) is 0 Å². The molecule has 1 aromatic rings. The Balaban J connectivity index is 1.83. The highest BCUT2D eigenvalue weighted by Gasteiger charge is 2.26. The van der Waals surface area contributed by atoms with Crippen molar-refractivity contribution >= 4 is 22.6 Å². The lowest BCUT2D eigenvalue weighted by Crippen LogP contribution is -2.28. The Bertz CT molecular complexity index is 294. The fraction of sp³-hybridized carbons (Fsp3) is 0.500. The van der Waals surface area contributed by atoms with Crippen LogP contribution in [0.15, 0.2) is 24.3 Å². The predicted octanol–water partition coefficient (Wildman–Crippen LogP) is 3.72. The molecule has 1 fully saturated rings. The summed E-state index contributed by atoms with van der Waals surface area (Å²) in [5.74, 6) is 2.65. The number of ether oxygens (including phenoxy) is 1. The maximum absolute atomic E-state index is 5.73. The minimum Gasteiger partial charge on any atom is -0.493 e. The monoisotopic (exact) mass is 302 g/mol. The summed E-state index contributed by atoms with van der Waals surface area (Å²) in [4.78, 5) is 0. The third kappa shape index (κ3) is 2.41. The van der Waals surface area contributed by atoms with Gasteiger partial charge in [-0.2, -0.15) is 0 Å². The second-order valence-electron chi connectivity index (χ2n) is 4.08. The minimum absolute atomic E-state index is 0.786. The lowest BCUT2D eigenvalue weighted by molar-refractivity contribution is 0.116. The molecule has 2 heteroatoms. The number of benzene rings is 1. The molecule has 1 aromatic carbocycles. The quantitative estimate of drug-likeness (QED) is 0.773. The highest BCUT2D eigenvalue weighted by atomic mass is 127. The zero-order valence-electron chi connectivity index (χ0n) is 8.37. The zero-order valence-corrected chi connectivity index (χ0v) is 10.5. The van der Waals surface area contributed by atoms with E-state index in [0.29, 0.717) is 0 Å². The van der Waals surface area contributed by atoms with Gasteiger partial charge in [0.1, 0.15) is 5.75 Å². The van der Waals surface area contributed by atoms with Crippen molar-refractivity contribution in [3.8, 4) is 5.75 Å². The normalized spacial score (nSPS) is 25.6. The van der Waals surface area contributed by atoms with Crippen LogP contribution in [0.3, 0.4) is 0 Å². The molecule has 1 nitrogen and oxygen atoms in total. The second kappa shape index (κ2) is 4.51. The highest BCUT2D eigenvalue weighted by molar-refractivity contribution is 14.1. The van der Waals surface area contributed by atoms with E-state index < -0.39 is 0 Å². The van der Waals surface area contributed by atoms with Crippen molar-refractivity contribution < 1.29 is 4.74 Å². The number of rotatable bonds is 3. The average molecular weight is 302 g/mol. The molecule has 1 saturated carbocycles. The molecule has 1 aliphatic rings. The van der Waals surface area contributed by atoms with Crippen LogP contribution in [-0.4, -0.2) is 6.61 Å². The van der Waals surface area contributed by atoms with Crippen LogP contribution in [0.4, 0.5) is 0 Å². The predicted molar refractivity (Wildman–Crippen MR) is 66.5 cm³/mol. The van der Waals surface area contributed by atoms with Gasteiger partial charge in [0.05, 0.1) is 6.61 Å². The summed E-state index contributed by atoms with van der Waals surface area (Å²) in [6, 6.07) is 8.26. The molecule has 0 saturated heterocycles. The smallest absolute Gasteiger partial charge is 0.119 e. The van der Waals surface area contributed by atoms with Gasteiger partial charge in [0, 0.05) is 3.57 Å². The van der Waals surface area contributed by atoms with Gasteiger partial charge in [-0.25, -0.2) is 0 Å². The van der Waals surface area contributed by atoms with Crippen LogP contribution in [0.25, 0.3) is 0 Å². The SMILES string of the molecule is CC1CCC1COc1ccc(I)cc1. The highest BCUT2D eigenvalue weighted by Crippen LogP contribution is 2.33. The van der Waals surface area contributed by atoms with Crippen molar-refractivity contribution in [2.75, 3.05) is 6.61 Å². The van der Waals surface area contributed by atoms with E-state index in [1.165, 1.54) is 16.4 Å². The van der Waals surface area contributed by atoms with Gasteiger partial charge < -0.3 is 4.74 Å². The summed E-state index contributed by atoms with van der Waals surface area (Å²) in [6.07, 6.45) is 2.71. The van der Waals surface area contributed by atoms with E-state index in [1.807, 2.05) is 12.1 Å². The lowest BCUT2D eigenvalue weighted by atomic mass is 9.75. The standard InChI is InChI=1S/C12H15IO/c1-9-2-3-10(9)8-14-12-6-4-11(13)5-7-12/h4-7,9-10H,2-3,8H2,1H3. The van der Waals surface area contributed by atoms with Crippen molar-refractivity contribution in [1.82, 2.24) is 0 Å². The lowest BCUT2D eigenvalue weighted by Gasteiger charge is -2.33. The van der Waals surface area contributed by atoms with E-state index >= 15 is 0 Å². The number of hydrogen-bond acceptors (Lipinski definition) is 1. The van der Waals surface area contributed by atoms with Crippen LogP contribution < -0.4 is 4.74 Å². The van der Waals surface area contributed by atoms with Crippen molar-refractivity contribution in [1.29, 1.82) is 0 Å². The third-order valence-electron chi connectivity index (χ3n) is 3.08. The van der Waals surface area contributed by atoms with Gasteiger partial charge >= 0.3 is 0 Å². The molecular weight excluding hydrogens is 287 g/mol. The Labute approximate surface area is 99.0 Å². The molecule has 0 amide bonds.